The van der Waals surface area contributed by atoms with Crippen LogP contribution in [0.1, 0.15) is 18.9 Å². The molecule has 1 saturated heterocycles. The molecule has 1 fully saturated rings. The first-order valence-electron chi connectivity index (χ1n) is 5.40. The molecule has 1 aliphatic heterocycles. The van der Waals surface area contributed by atoms with Gasteiger partial charge in [-0.15, -0.1) is 0 Å². The number of carbonyl (C=O) groups excluding carboxylic acids is 1. The molecule has 0 radical (unpaired) electrons. The van der Waals surface area contributed by atoms with Crippen LogP contribution in [0.4, 0.5) is 5.69 Å². The number of anilines is 1. The maximum absolute atomic E-state index is 11.9. The summed E-state index contributed by atoms with van der Waals surface area (Å²) in [6.45, 7) is 1.84. The number of nitriles is 2. The summed E-state index contributed by atoms with van der Waals surface area (Å²) in [5, 5.41) is 18.0. The van der Waals surface area contributed by atoms with E-state index in [2.05, 4.69) is 12.1 Å². The summed E-state index contributed by atoms with van der Waals surface area (Å²) in [6.07, 6.45) is 0.234. The first-order valence-corrected chi connectivity index (χ1v) is 5.40. The van der Waals surface area contributed by atoms with Gasteiger partial charge < -0.3 is 4.90 Å². The normalized spacial score (nSPS) is 23.2. The van der Waals surface area contributed by atoms with Crippen LogP contribution in [-0.4, -0.2) is 11.9 Å². The lowest BCUT2D eigenvalue weighted by molar-refractivity contribution is -0.117. The van der Waals surface area contributed by atoms with Crippen molar-refractivity contribution in [2.45, 2.75) is 19.4 Å². The molecule has 1 amide bonds. The molecule has 17 heavy (non-hydrogen) atoms. The van der Waals surface area contributed by atoms with Gasteiger partial charge in [-0.3, -0.25) is 4.79 Å². The Balaban J connectivity index is 2.45. The molecule has 1 aromatic rings. The van der Waals surface area contributed by atoms with Crippen molar-refractivity contribution in [2.24, 2.45) is 5.92 Å². The van der Waals surface area contributed by atoms with E-state index in [0.29, 0.717) is 11.3 Å². The third-order valence-corrected chi connectivity index (χ3v) is 3.10. The maximum Gasteiger partial charge on any atom is 0.228 e. The van der Waals surface area contributed by atoms with Gasteiger partial charge in [0.15, 0.2) is 0 Å². The zero-order valence-electron chi connectivity index (χ0n) is 9.42. The minimum atomic E-state index is -0.297. The predicted molar refractivity (Wildman–Crippen MR) is 61.8 cm³/mol. The molecular formula is C13H11N3O. The summed E-state index contributed by atoms with van der Waals surface area (Å²) in [4.78, 5) is 13.4. The van der Waals surface area contributed by atoms with Crippen LogP contribution in [0.15, 0.2) is 24.3 Å². The molecule has 0 aliphatic carbocycles. The molecule has 4 heteroatoms. The molecule has 0 saturated carbocycles. The second-order valence-corrected chi connectivity index (χ2v) is 4.07. The molecular weight excluding hydrogens is 214 g/mol. The third-order valence-electron chi connectivity index (χ3n) is 3.10. The largest absolute Gasteiger partial charge is 0.307 e. The third kappa shape index (κ3) is 1.74. The highest BCUT2D eigenvalue weighted by Gasteiger charge is 2.38. The minimum Gasteiger partial charge on any atom is -0.307 e. The average Bonchev–Trinajstić information content (AvgIpc) is 2.64. The highest BCUT2D eigenvalue weighted by atomic mass is 16.2. The van der Waals surface area contributed by atoms with Crippen LogP contribution in [0.5, 0.6) is 0 Å². The molecule has 1 aromatic carbocycles. The van der Waals surface area contributed by atoms with Crippen LogP contribution in [0.25, 0.3) is 0 Å². The van der Waals surface area contributed by atoms with E-state index in [9.17, 15) is 4.79 Å². The van der Waals surface area contributed by atoms with E-state index in [1.165, 1.54) is 0 Å². The zero-order valence-corrected chi connectivity index (χ0v) is 9.42. The van der Waals surface area contributed by atoms with E-state index < -0.39 is 0 Å². The highest BCUT2D eigenvalue weighted by Crippen LogP contribution is 2.32. The van der Waals surface area contributed by atoms with Crippen molar-refractivity contribution >= 4 is 11.6 Å². The SMILES string of the molecule is CC1C(C#N)CC(=O)N1c1ccccc1C#N. The van der Waals surface area contributed by atoms with Gasteiger partial charge >= 0.3 is 0 Å². The molecule has 2 unspecified atom stereocenters. The smallest absolute Gasteiger partial charge is 0.228 e. The quantitative estimate of drug-likeness (QED) is 0.732. The molecule has 0 N–H and O–H groups in total. The van der Waals surface area contributed by atoms with Gasteiger partial charge in [0.25, 0.3) is 0 Å². The van der Waals surface area contributed by atoms with Crippen LogP contribution in [0.2, 0.25) is 0 Å². The van der Waals surface area contributed by atoms with Gasteiger partial charge in [0.05, 0.1) is 29.3 Å². The van der Waals surface area contributed by atoms with Gasteiger partial charge in [0.1, 0.15) is 6.07 Å². The summed E-state index contributed by atoms with van der Waals surface area (Å²) in [5.41, 5.74) is 1.07. The van der Waals surface area contributed by atoms with Gasteiger partial charge in [-0.05, 0) is 19.1 Å². The Morgan fingerprint density at radius 1 is 1.35 bits per heavy atom. The number of hydrogen-bond donors (Lipinski definition) is 0. The minimum absolute atomic E-state index is 0.0910. The van der Waals surface area contributed by atoms with Crippen LogP contribution in [-0.2, 0) is 4.79 Å². The zero-order chi connectivity index (χ0) is 12.4. The van der Waals surface area contributed by atoms with Crippen molar-refractivity contribution in [1.29, 1.82) is 10.5 Å². The number of amides is 1. The second kappa shape index (κ2) is 4.27. The molecule has 2 atom stereocenters. The Labute approximate surface area is 99.7 Å². The van der Waals surface area contributed by atoms with Gasteiger partial charge in [-0.2, -0.15) is 10.5 Å². The fourth-order valence-electron chi connectivity index (χ4n) is 2.15. The Morgan fingerprint density at radius 2 is 2.06 bits per heavy atom. The lowest BCUT2D eigenvalue weighted by atomic mass is 10.0. The molecule has 1 aliphatic rings. The first kappa shape index (κ1) is 11.2. The molecule has 2 rings (SSSR count). The van der Waals surface area contributed by atoms with E-state index in [4.69, 9.17) is 10.5 Å². The number of para-hydroxylation sites is 1. The first-order chi connectivity index (χ1) is 8.19. The van der Waals surface area contributed by atoms with Crippen molar-refractivity contribution in [1.82, 2.24) is 0 Å². The van der Waals surface area contributed by atoms with Crippen LogP contribution in [0.3, 0.4) is 0 Å². The Kier molecular flexibility index (Phi) is 2.80. The molecule has 0 aromatic heterocycles. The van der Waals surface area contributed by atoms with Crippen molar-refractivity contribution < 1.29 is 4.79 Å². The van der Waals surface area contributed by atoms with E-state index in [1.54, 1.807) is 29.2 Å². The van der Waals surface area contributed by atoms with Crippen LogP contribution >= 0.6 is 0 Å². The van der Waals surface area contributed by atoms with Gasteiger partial charge in [-0.25, -0.2) is 0 Å². The predicted octanol–water partition coefficient (Wildman–Crippen LogP) is 1.82. The fraction of sp³-hybridized carbons (Fsp3) is 0.308. The number of carbonyl (C=O) groups is 1. The summed E-state index contributed by atoms with van der Waals surface area (Å²) in [7, 11) is 0. The standard InChI is InChI=1S/C13H11N3O/c1-9-11(8-15)6-13(17)16(9)12-5-3-2-4-10(12)7-14/h2-5,9,11H,6H2,1H3. The molecule has 4 nitrogen and oxygen atoms in total. The van der Waals surface area contributed by atoms with E-state index >= 15 is 0 Å². The van der Waals surface area contributed by atoms with Gasteiger partial charge in [-0.1, -0.05) is 12.1 Å². The van der Waals surface area contributed by atoms with Crippen LogP contribution in [0, 0.1) is 28.6 Å². The van der Waals surface area contributed by atoms with Crippen LogP contribution < -0.4 is 4.90 Å². The summed E-state index contributed by atoms with van der Waals surface area (Å²) < 4.78 is 0. The Hall–Kier alpha value is -2.33. The lowest BCUT2D eigenvalue weighted by Crippen LogP contribution is -2.33. The molecule has 0 bridgehead atoms. The lowest BCUT2D eigenvalue weighted by Gasteiger charge is -2.23. The van der Waals surface area contributed by atoms with Gasteiger partial charge in [0, 0.05) is 6.42 Å². The van der Waals surface area contributed by atoms with Crippen molar-refractivity contribution in [3.63, 3.8) is 0 Å². The fourth-order valence-corrected chi connectivity index (χ4v) is 2.15. The Bertz CT molecular complexity index is 538. The van der Waals surface area contributed by atoms with Crippen molar-refractivity contribution in [2.75, 3.05) is 4.90 Å². The van der Waals surface area contributed by atoms with E-state index in [0.717, 1.165) is 0 Å². The molecule has 0 spiro atoms. The summed E-state index contributed by atoms with van der Waals surface area (Å²) in [6, 6.07) is 11.0. The maximum atomic E-state index is 11.9. The number of rotatable bonds is 1. The Morgan fingerprint density at radius 3 is 2.65 bits per heavy atom. The molecule has 84 valence electrons. The monoisotopic (exact) mass is 225 g/mol. The number of hydrogen-bond acceptors (Lipinski definition) is 3. The van der Waals surface area contributed by atoms with Crippen molar-refractivity contribution in [3.8, 4) is 12.1 Å². The van der Waals surface area contributed by atoms with Gasteiger partial charge in [0.2, 0.25) is 5.91 Å². The molecule has 1 heterocycles. The summed E-state index contributed by atoms with van der Waals surface area (Å²) >= 11 is 0. The highest BCUT2D eigenvalue weighted by molar-refractivity contribution is 5.98. The van der Waals surface area contributed by atoms with E-state index in [1.807, 2.05) is 6.92 Å². The topological polar surface area (TPSA) is 67.9 Å². The number of benzene rings is 1. The van der Waals surface area contributed by atoms with Crippen molar-refractivity contribution in [3.05, 3.63) is 29.8 Å². The second-order valence-electron chi connectivity index (χ2n) is 4.07. The van der Waals surface area contributed by atoms with E-state index in [-0.39, 0.29) is 24.3 Å². The number of nitrogens with zero attached hydrogens (tertiary/aromatic N) is 3. The summed E-state index contributed by atoms with van der Waals surface area (Å²) in [5.74, 6) is -0.388. The average molecular weight is 225 g/mol.